The van der Waals surface area contributed by atoms with Gasteiger partial charge in [-0.3, -0.25) is 4.40 Å². The van der Waals surface area contributed by atoms with Gasteiger partial charge in [0.25, 0.3) is 6.43 Å². The normalized spacial score (nSPS) is 16.1. The van der Waals surface area contributed by atoms with Crippen LogP contribution < -0.4 is 10.0 Å². The van der Waals surface area contributed by atoms with Gasteiger partial charge in [0.15, 0.2) is 15.8 Å². The van der Waals surface area contributed by atoms with E-state index in [1.54, 1.807) is 7.05 Å². The highest BCUT2D eigenvalue weighted by Gasteiger charge is 2.41. The molecule has 0 radical (unpaired) electrons. The van der Waals surface area contributed by atoms with Crippen molar-refractivity contribution in [3.8, 4) is 10.8 Å². The van der Waals surface area contributed by atoms with E-state index in [2.05, 4.69) is 25.2 Å². The molecule has 0 unspecified atom stereocenters. The number of rotatable bonds is 7. The number of nitrogens with zero attached hydrogens (tertiary/aromatic N) is 4. The van der Waals surface area contributed by atoms with Gasteiger partial charge in [-0.2, -0.15) is 0 Å². The number of hydrogen-bond acceptors (Lipinski definition) is 7. The van der Waals surface area contributed by atoms with Crippen molar-refractivity contribution in [2.75, 3.05) is 7.05 Å². The minimum atomic E-state index is -3.83. The Kier molecular flexibility index (Phi) is 5.10. The SMILES string of the molecule is CNCc1nc(-c2nnc(C(F)F)s2)n2cc(S(=O)(=O)NC3(C)CC3)cc(Cl)c12. The fraction of sp³-hybridized carbons (Fsp3) is 0.438. The average molecular weight is 463 g/mol. The van der Waals surface area contributed by atoms with E-state index in [4.69, 9.17) is 11.6 Å². The quantitative estimate of drug-likeness (QED) is 0.559. The first-order valence-electron chi connectivity index (χ1n) is 8.64. The number of imidazole rings is 1. The van der Waals surface area contributed by atoms with E-state index in [1.165, 1.54) is 16.7 Å². The standard InChI is InChI=1S/C16H17ClF2N6O2S2/c1-16(3-4-16)24-29(26,27)8-5-9(17)11-10(6-20-2)21-13(25(11)7-8)15-23-22-14(28-15)12(18)19/h5,7,12,20,24H,3-4,6H2,1-2H3. The van der Waals surface area contributed by atoms with Gasteiger partial charge in [-0.25, -0.2) is 26.9 Å². The molecule has 29 heavy (non-hydrogen) atoms. The van der Waals surface area contributed by atoms with Crippen LogP contribution in [-0.4, -0.2) is 40.6 Å². The topological polar surface area (TPSA) is 101 Å². The summed E-state index contributed by atoms with van der Waals surface area (Å²) in [4.78, 5) is 4.41. The summed E-state index contributed by atoms with van der Waals surface area (Å²) in [6.45, 7) is 2.16. The fourth-order valence-corrected chi connectivity index (χ4v) is 5.45. The molecule has 0 bridgehead atoms. The molecular weight excluding hydrogens is 446 g/mol. The van der Waals surface area contributed by atoms with Gasteiger partial charge in [0.05, 0.1) is 16.2 Å². The number of pyridine rings is 1. The Morgan fingerprint density at radius 3 is 2.69 bits per heavy atom. The lowest BCUT2D eigenvalue weighted by molar-refractivity contribution is 0.150. The number of fused-ring (bicyclic) bond motifs is 1. The number of hydrogen-bond donors (Lipinski definition) is 2. The lowest BCUT2D eigenvalue weighted by atomic mass is 10.3. The van der Waals surface area contributed by atoms with Crippen LogP contribution in [0.4, 0.5) is 8.78 Å². The third-order valence-electron chi connectivity index (χ3n) is 4.59. The third-order valence-corrected chi connectivity index (χ3v) is 7.41. The van der Waals surface area contributed by atoms with E-state index < -0.39 is 27.0 Å². The number of halogens is 3. The molecule has 3 aromatic rings. The van der Waals surface area contributed by atoms with Gasteiger partial charge in [-0.15, -0.1) is 10.2 Å². The van der Waals surface area contributed by atoms with Crippen molar-refractivity contribution < 1.29 is 17.2 Å². The van der Waals surface area contributed by atoms with Gasteiger partial charge in [-0.05, 0) is 32.9 Å². The second kappa shape index (κ2) is 7.20. The van der Waals surface area contributed by atoms with Crippen molar-refractivity contribution >= 4 is 38.5 Å². The van der Waals surface area contributed by atoms with Gasteiger partial charge in [0.1, 0.15) is 4.90 Å². The summed E-state index contributed by atoms with van der Waals surface area (Å²) in [5, 5.41) is 10.1. The summed E-state index contributed by atoms with van der Waals surface area (Å²) < 4.78 is 55.7. The molecular formula is C16H17ClF2N6O2S2. The summed E-state index contributed by atoms with van der Waals surface area (Å²) in [7, 11) is -2.11. The first kappa shape index (κ1) is 20.5. The molecule has 2 N–H and O–H groups in total. The van der Waals surface area contributed by atoms with Gasteiger partial charge in [-0.1, -0.05) is 22.9 Å². The van der Waals surface area contributed by atoms with Crippen LogP contribution in [0, 0.1) is 0 Å². The smallest absolute Gasteiger partial charge is 0.291 e. The summed E-state index contributed by atoms with van der Waals surface area (Å²) >= 11 is 7.11. The van der Waals surface area contributed by atoms with Crippen LogP contribution in [0.1, 0.15) is 36.9 Å². The molecule has 0 aromatic carbocycles. The average Bonchev–Trinajstić information content (AvgIpc) is 3.06. The molecule has 3 aromatic heterocycles. The molecule has 1 aliphatic carbocycles. The largest absolute Gasteiger partial charge is 0.314 e. The van der Waals surface area contributed by atoms with Crippen molar-refractivity contribution in [3.05, 3.63) is 28.0 Å². The van der Waals surface area contributed by atoms with Gasteiger partial charge >= 0.3 is 0 Å². The highest BCUT2D eigenvalue weighted by molar-refractivity contribution is 7.89. The van der Waals surface area contributed by atoms with Gasteiger partial charge in [0.2, 0.25) is 10.0 Å². The monoisotopic (exact) mass is 462 g/mol. The molecule has 1 fully saturated rings. The molecule has 0 atom stereocenters. The van der Waals surface area contributed by atoms with Crippen LogP contribution in [0.25, 0.3) is 16.3 Å². The maximum Gasteiger partial charge on any atom is 0.291 e. The molecule has 1 saturated carbocycles. The maximum absolute atomic E-state index is 12.9. The Balaban J connectivity index is 1.89. The Labute approximate surface area is 174 Å². The summed E-state index contributed by atoms with van der Waals surface area (Å²) in [6.07, 6.45) is 0.130. The van der Waals surface area contributed by atoms with Crippen LogP contribution in [-0.2, 0) is 16.6 Å². The molecule has 0 spiro atoms. The first-order chi connectivity index (χ1) is 13.6. The predicted molar refractivity (Wildman–Crippen MR) is 105 cm³/mol. The predicted octanol–water partition coefficient (Wildman–Crippen LogP) is 2.99. The fourth-order valence-electron chi connectivity index (χ4n) is 2.89. The second-order valence-corrected chi connectivity index (χ2v) is 10.2. The Bertz CT molecular complexity index is 1190. The van der Waals surface area contributed by atoms with Crippen molar-refractivity contribution in [1.29, 1.82) is 0 Å². The molecule has 13 heteroatoms. The maximum atomic E-state index is 12.9. The molecule has 0 saturated heterocycles. The number of nitrogens with one attached hydrogen (secondary N) is 2. The first-order valence-corrected chi connectivity index (χ1v) is 11.3. The van der Waals surface area contributed by atoms with Crippen LogP contribution >= 0.6 is 22.9 Å². The summed E-state index contributed by atoms with van der Waals surface area (Å²) in [5.74, 6) is 0.200. The van der Waals surface area contributed by atoms with Crippen LogP contribution in [0.2, 0.25) is 5.02 Å². The van der Waals surface area contributed by atoms with Gasteiger partial charge < -0.3 is 5.32 Å². The number of sulfonamides is 1. The third kappa shape index (κ3) is 3.87. The highest BCUT2D eigenvalue weighted by atomic mass is 35.5. The van der Waals surface area contributed by atoms with Crippen molar-refractivity contribution in [3.63, 3.8) is 0 Å². The lowest BCUT2D eigenvalue weighted by Crippen LogP contribution is -2.34. The molecule has 3 heterocycles. The summed E-state index contributed by atoms with van der Waals surface area (Å²) in [6, 6.07) is 1.36. The zero-order valence-electron chi connectivity index (χ0n) is 15.4. The number of aromatic nitrogens is 4. The van der Waals surface area contributed by atoms with Gasteiger partial charge in [0, 0.05) is 18.3 Å². The van der Waals surface area contributed by atoms with Crippen molar-refractivity contribution in [1.82, 2.24) is 29.6 Å². The van der Waals surface area contributed by atoms with E-state index in [0.29, 0.717) is 29.1 Å². The van der Waals surface area contributed by atoms with Crippen LogP contribution in [0.15, 0.2) is 17.2 Å². The minimum Gasteiger partial charge on any atom is -0.314 e. The Morgan fingerprint density at radius 2 is 2.10 bits per heavy atom. The van der Waals surface area contributed by atoms with Crippen LogP contribution in [0.3, 0.4) is 0 Å². The van der Waals surface area contributed by atoms with E-state index in [1.807, 2.05) is 6.92 Å². The zero-order chi connectivity index (χ0) is 21.0. The molecule has 0 amide bonds. The van der Waals surface area contributed by atoms with E-state index in [-0.39, 0.29) is 20.8 Å². The van der Waals surface area contributed by atoms with E-state index in [0.717, 1.165) is 12.8 Å². The Hall–Kier alpha value is -1.73. The van der Waals surface area contributed by atoms with Crippen LogP contribution in [0.5, 0.6) is 0 Å². The lowest BCUT2D eigenvalue weighted by Gasteiger charge is -2.13. The molecule has 1 aliphatic rings. The molecule has 8 nitrogen and oxygen atoms in total. The minimum absolute atomic E-state index is 0.0450. The Morgan fingerprint density at radius 1 is 1.38 bits per heavy atom. The molecule has 156 valence electrons. The highest BCUT2D eigenvalue weighted by Crippen LogP contribution is 2.37. The van der Waals surface area contributed by atoms with Crippen molar-refractivity contribution in [2.24, 2.45) is 0 Å². The molecule has 0 aliphatic heterocycles. The summed E-state index contributed by atoms with van der Waals surface area (Å²) in [5.41, 5.74) is 0.550. The number of alkyl halides is 2. The van der Waals surface area contributed by atoms with Crippen molar-refractivity contribution in [2.45, 2.75) is 43.2 Å². The second-order valence-electron chi connectivity index (χ2n) is 7.07. The zero-order valence-corrected chi connectivity index (χ0v) is 17.8. The molecule has 4 rings (SSSR count). The van der Waals surface area contributed by atoms with E-state index >= 15 is 0 Å². The van der Waals surface area contributed by atoms with E-state index in [9.17, 15) is 17.2 Å².